The third kappa shape index (κ3) is 4.28. The van der Waals surface area contributed by atoms with Gasteiger partial charge in [-0.1, -0.05) is 60.3 Å². The fraction of sp³-hybridized carbons (Fsp3) is 0.118. The average molecular weight is 283 g/mol. The van der Waals surface area contributed by atoms with Crippen molar-refractivity contribution < 1.29 is 4.79 Å². The van der Waals surface area contributed by atoms with E-state index in [0.717, 1.165) is 22.6 Å². The summed E-state index contributed by atoms with van der Waals surface area (Å²) in [5, 5.41) is 2.01. The molecule has 0 aromatic heterocycles. The van der Waals surface area contributed by atoms with E-state index >= 15 is 0 Å². The molecule has 0 spiro atoms. The molecule has 2 rings (SSSR count). The Balaban J connectivity index is 2.01. The maximum Gasteiger partial charge on any atom is 0.214 e. The van der Waals surface area contributed by atoms with Gasteiger partial charge in [0.25, 0.3) is 0 Å². The molecule has 20 heavy (non-hydrogen) atoms. The van der Waals surface area contributed by atoms with Gasteiger partial charge in [-0.15, -0.1) is 0 Å². The normalized spacial score (nSPS) is 11.2. The van der Waals surface area contributed by atoms with Crippen molar-refractivity contribution in [3.63, 3.8) is 0 Å². The molecule has 0 radical (unpaired) electrons. The quantitative estimate of drug-likeness (QED) is 0.582. The molecule has 2 aromatic carbocycles. The van der Waals surface area contributed by atoms with Crippen LogP contribution in [0.25, 0.3) is 0 Å². The third-order valence-electron chi connectivity index (χ3n) is 2.88. The SMILES string of the molecule is C/C(=C\Sc1ccccc1)N(C=O)Cc1ccccc1. The van der Waals surface area contributed by atoms with Crippen molar-refractivity contribution in [1.29, 1.82) is 0 Å². The molecule has 1 amide bonds. The molecule has 2 nitrogen and oxygen atoms in total. The van der Waals surface area contributed by atoms with Gasteiger partial charge >= 0.3 is 0 Å². The Kier molecular flexibility index (Phi) is 5.44. The van der Waals surface area contributed by atoms with Gasteiger partial charge in [0.15, 0.2) is 0 Å². The van der Waals surface area contributed by atoms with Crippen molar-refractivity contribution in [3.8, 4) is 0 Å². The number of thioether (sulfide) groups is 1. The summed E-state index contributed by atoms with van der Waals surface area (Å²) in [4.78, 5) is 14.1. The van der Waals surface area contributed by atoms with Crippen molar-refractivity contribution in [3.05, 3.63) is 77.3 Å². The van der Waals surface area contributed by atoms with Crippen LogP contribution < -0.4 is 0 Å². The van der Waals surface area contributed by atoms with Crippen LogP contribution in [0.3, 0.4) is 0 Å². The van der Waals surface area contributed by atoms with E-state index in [1.54, 1.807) is 16.7 Å². The van der Waals surface area contributed by atoms with Crippen LogP contribution >= 0.6 is 11.8 Å². The number of rotatable bonds is 6. The van der Waals surface area contributed by atoms with Crippen LogP contribution in [0.5, 0.6) is 0 Å². The lowest BCUT2D eigenvalue weighted by Gasteiger charge is -2.18. The Morgan fingerprint density at radius 3 is 2.25 bits per heavy atom. The van der Waals surface area contributed by atoms with E-state index in [-0.39, 0.29) is 0 Å². The van der Waals surface area contributed by atoms with Crippen LogP contribution in [0.4, 0.5) is 0 Å². The second-order valence-corrected chi connectivity index (χ2v) is 5.35. The summed E-state index contributed by atoms with van der Waals surface area (Å²) in [5.41, 5.74) is 2.06. The topological polar surface area (TPSA) is 20.3 Å². The molecule has 0 saturated carbocycles. The van der Waals surface area contributed by atoms with E-state index in [1.165, 1.54) is 0 Å². The van der Waals surface area contributed by atoms with E-state index in [1.807, 2.05) is 60.9 Å². The maximum atomic E-state index is 11.2. The molecule has 0 atom stereocenters. The standard InChI is InChI=1S/C17H17NOS/c1-15(13-20-17-10-6-3-7-11-17)18(14-19)12-16-8-4-2-5-9-16/h2-11,13-14H,12H2,1H3/b15-13+. The molecule has 102 valence electrons. The molecule has 0 unspecified atom stereocenters. The number of benzene rings is 2. The summed E-state index contributed by atoms with van der Waals surface area (Å²) in [5.74, 6) is 0. The Morgan fingerprint density at radius 1 is 1.05 bits per heavy atom. The number of hydrogen-bond acceptors (Lipinski definition) is 2. The average Bonchev–Trinajstić information content (AvgIpc) is 2.52. The van der Waals surface area contributed by atoms with Crippen LogP contribution in [-0.2, 0) is 11.3 Å². The summed E-state index contributed by atoms with van der Waals surface area (Å²) < 4.78 is 0. The molecule has 0 aliphatic heterocycles. The zero-order chi connectivity index (χ0) is 14.2. The Hall–Kier alpha value is -2.00. The zero-order valence-corrected chi connectivity index (χ0v) is 12.2. The summed E-state index contributed by atoms with van der Waals surface area (Å²) in [6, 6.07) is 20.1. The molecule has 0 aliphatic rings. The molecule has 0 aliphatic carbocycles. The third-order valence-corrected chi connectivity index (χ3v) is 3.89. The van der Waals surface area contributed by atoms with E-state index in [0.29, 0.717) is 6.54 Å². The lowest BCUT2D eigenvalue weighted by molar-refractivity contribution is -0.116. The number of carbonyl (C=O) groups is 1. The second kappa shape index (κ2) is 7.56. The highest BCUT2D eigenvalue weighted by molar-refractivity contribution is 8.02. The first-order chi connectivity index (χ1) is 9.79. The molecule has 3 heteroatoms. The molecular formula is C17H17NOS. The minimum absolute atomic E-state index is 0.599. The predicted molar refractivity (Wildman–Crippen MR) is 84.1 cm³/mol. The lowest BCUT2D eigenvalue weighted by atomic mass is 10.2. The van der Waals surface area contributed by atoms with Crippen molar-refractivity contribution in [2.75, 3.05) is 0 Å². The van der Waals surface area contributed by atoms with Gasteiger partial charge in [0.1, 0.15) is 0 Å². The Labute approximate surface area is 124 Å². The van der Waals surface area contributed by atoms with E-state index in [9.17, 15) is 4.79 Å². The molecule has 0 N–H and O–H groups in total. The fourth-order valence-electron chi connectivity index (χ4n) is 1.75. The number of carbonyl (C=O) groups excluding carboxylic acids is 1. The predicted octanol–water partition coefficient (Wildman–Crippen LogP) is 4.30. The van der Waals surface area contributed by atoms with Gasteiger partial charge in [-0.3, -0.25) is 4.79 Å². The van der Waals surface area contributed by atoms with Crippen molar-refractivity contribution >= 4 is 18.2 Å². The van der Waals surface area contributed by atoms with Crippen LogP contribution in [0.2, 0.25) is 0 Å². The largest absolute Gasteiger partial charge is 0.314 e. The van der Waals surface area contributed by atoms with Gasteiger partial charge in [0, 0.05) is 10.6 Å². The molecule has 0 saturated heterocycles. The minimum Gasteiger partial charge on any atom is -0.314 e. The van der Waals surface area contributed by atoms with Gasteiger partial charge in [-0.05, 0) is 30.0 Å². The van der Waals surface area contributed by atoms with Crippen molar-refractivity contribution in [1.82, 2.24) is 4.90 Å². The Morgan fingerprint density at radius 2 is 1.65 bits per heavy atom. The second-order valence-electron chi connectivity index (χ2n) is 4.41. The Bertz CT molecular complexity index is 566. The van der Waals surface area contributed by atoms with Crippen LogP contribution in [0, 0.1) is 0 Å². The van der Waals surface area contributed by atoms with Crippen molar-refractivity contribution in [2.45, 2.75) is 18.4 Å². The molecule has 0 bridgehead atoms. The highest BCUT2D eigenvalue weighted by atomic mass is 32.2. The van der Waals surface area contributed by atoms with Crippen LogP contribution in [0.15, 0.2) is 76.7 Å². The van der Waals surface area contributed by atoms with Gasteiger partial charge in [0.2, 0.25) is 6.41 Å². The first kappa shape index (κ1) is 14.4. The van der Waals surface area contributed by atoms with E-state index < -0.39 is 0 Å². The highest BCUT2D eigenvalue weighted by Crippen LogP contribution is 2.21. The fourth-order valence-corrected chi connectivity index (χ4v) is 2.50. The number of amides is 1. The van der Waals surface area contributed by atoms with Gasteiger partial charge < -0.3 is 4.90 Å². The van der Waals surface area contributed by atoms with Crippen molar-refractivity contribution in [2.24, 2.45) is 0 Å². The van der Waals surface area contributed by atoms with Gasteiger partial charge in [0.05, 0.1) is 6.54 Å². The van der Waals surface area contributed by atoms with Gasteiger partial charge in [-0.25, -0.2) is 0 Å². The first-order valence-electron chi connectivity index (χ1n) is 6.44. The monoisotopic (exact) mass is 283 g/mol. The summed E-state index contributed by atoms with van der Waals surface area (Å²) in [7, 11) is 0. The number of nitrogens with zero attached hydrogens (tertiary/aromatic N) is 1. The summed E-state index contributed by atoms with van der Waals surface area (Å²) in [6.07, 6.45) is 0.879. The summed E-state index contributed by atoms with van der Waals surface area (Å²) in [6.45, 7) is 2.55. The van der Waals surface area contributed by atoms with Crippen LogP contribution in [0.1, 0.15) is 12.5 Å². The van der Waals surface area contributed by atoms with E-state index in [2.05, 4.69) is 12.1 Å². The molecule has 0 fully saturated rings. The number of hydrogen-bond donors (Lipinski definition) is 0. The molecule has 0 heterocycles. The van der Waals surface area contributed by atoms with E-state index in [4.69, 9.17) is 0 Å². The maximum absolute atomic E-state index is 11.2. The minimum atomic E-state index is 0.599. The highest BCUT2D eigenvalue weighted by Gasteiger charge is 2.05. The van der Waals surface area contributed by atoms with Crippen LogP contribution in [-0.4, -0.2) is 11.3 Å². The molecule has 2 aromatic rings. The summed E-state index contributed by atoms with van der Waals surface area (Å²) >= 11 is 1.62. The number of allylic oxidation sites excluding steroid dienone is 1. The van der Waals surface area contributed by atoms with Gasteiger partial charge in [-0.2, -0.15) is 0 Å². The molecular weight excluding hydrogens is 266 g/mol. The zero-order valence-electron chi connectivity index (χ0n) is 11.4. The first-order valence-corrected chi connectivity index (χ1v) is 7.32. The smallest absolute Gasteiger partial charge is 0.214 e. The lowest BCUT2D eigenvalue weighted by Crippen LogP contribution is -2.18.